The van der Waals surface area contributed by atoms with Gasteiger partial charge in [0.2, 0.25) is 5.91 Å². The van der Waals surface area contributed by atoms with Gasteiger partial charge in [-0.2, -0.15) is 0 Å². The molecule has 112 valence electrons. The van der Waals surface area contributed by atoms with E-state index in [1.54, 1.807) is 0 Å². The van der Waals surface area contributed by atoms with Gasteiger partial charge in [-0.05, 0) is 32.2 Å². The number of piperidine rings is 1. The van der Waals surface area contributed by atoms with E-state index in [1.807, 2.05) is 0 Å². The molecular formula is C14H27ClN2O2. The normalized spacial score (nSPS) is 24.5. The van der Waals surface area contributed by atoms with Crippen molar-refractivity contribution in [2.24, 2.45) is 0 Å². The lowest BCUT2D eigenvalue weighted by Gasteiger charge is -2.24. The third kappa shape index (κ3) is 6.11. The Kier molecular flexibility index (Phi) is 8.42. The molecule has 2 aliphatic rings. The smallest absolute Gasteiger partial charge is 0.237 e. The van der Waals surface area contributed by atoms with Crippen LogP contribution in [-0.4, -0.2) is 37.7 Å². The third-order valence-electron chi connectivity index (χ3n) is 3.93. The first-order valence-corrected chi connectivity index (χ1v) is 7.49. The number of hydrogen-bond acceptors (Lipinski definition) is 3. The predicted octanol–water partition coefficient (Wildman–Crippen LogP) is 2.02. The lowest BCUT2D eigenvalue weighted by atomic mass is 9.98. The minimum atomic E-state index is 0. The average molecular weight is 291 g/mol. The number of amides is 1. The highest BCUT2D eigenvalue weighted by Gasteiger charge is 2.20. The topological polar surface area (TPSA) is 50.4 Å². The molecule has 5 heteroatoms. The Balaban J connectivity index is 0.00000180. The molecule has 1 saturated carbocycles. The number of hydrogen-bond donors (Lipinski definition) is 2. The molecule has 0 aromatic heterocycles. The molecule has 0 aromatic rings. The summed E-state index contributed by atoms with van der Waals surface area (Å²) in [6.07, 6.45) is 10.1. The first kappa shape index (κ1) is 16.7. The first-order chi connectivity index (χ1) is 8.86. The molecule has 0 radical (unpaired) electrons. The number of ether oxygens (including phenoxy) is 1. The average Bonchev–Trinajstić information content (AvgIpc) is 2.45. The van der Waals surface area contributed by atoms with E-state index in [4.69, 9.17) is 4.74 Å². The summed E-state index contributed by atoms with van der Waals surface area (Å²) in [7, 11) is 0. The van der Waals surface area contributed by atoms with Crippen LogP contribution in [-0.2, 0) is 9.53 Å². The fraction of sp³-hybridized carbons (Fsp3) is 0.929. The number of halogens is 1. The zero-order chi connectivity index (χ0) is 12.6. The first-order valence-electron chi connectivity index (χ1n) is 7.49. The molecule has 2 N–H and O–H groups in total. The van der Waals surface area contributed by atoms with Crippen molar-refractivity contribution in [1.29, 1.82) is 0 Å². The Morgan fingerprint density at radius 2 is 1.84 bits per heavy atom. The SMILES string of the molecule is Cl.O=C(NCCOC1CCCCC1)[C@H]1CCCCN1. The minimum Gasteiger partial charge on any atom is -0.376 e. The fourth-order valence-corrected chi connectivity index (χ4v) is 2.83. The van der Waals surface area contributed by atoms with Gasteiger partial charge in [-0.3, -0.25) is 4.79 Å². The zero-order valence-electron chi connectivity index (χ0n) is 11.7. The molecule has 1 atom stereocenters. The van der Waals surface area contributed by atoms with E-state index in [2.05, 4.69) is 10.6 Å². The highest BCUT2D eigenvalue weighted by Crippen LogP contribution is 2.19. The van der Waals surface area contributed by atoms with E-state index in [9.17, 15) is 4.79 Å². The Labute approximate surface area is 122 Å². The van der Waals surface area contributed by atoms with Crippen LogP contribution in [0.25, 0.3) is 0 Å². The van der Waals surface area contributed by atoms with Crippen LogP contribution in [0.4, 0.5) is 0 Å². The second-order valence-corrected chi connectivity index (χ2v) is 5.42. The molecule has 19 heavy (non-hydrogen) atoms. The summed E-state index contributed by atoms with van der Waals surface area (Å²) in [5.41, 5.74) is 0. The van der Waals surface area contributed by atoms with Gasteiger partial charge in [-0.15, -0.1) is 12.4 Å². The summed E-state index contributed by atoms with van der Waals surface area (Å²) in [6, 6.07) is 0.0217. The van der Waals surface area contributed by atoms with E-state index >= 15 is 0 Å². The van der Waals surface area contributed by atoms with Gasteiger partial charge in [0.15, 0.2) is 0 Å². The molecule has 4 nitrogen and oxygen atoms in total. The molecule has 1 heterocycles. The summed E-state index contributed by atoms with van der Waals surface area (Å²) in [5.74, 6) is 0.141. The number of carbonyl (C=O) groups is 1. The van der Waals surface area contributed by atoms with Crippen molar-refractivity contribution in [2.45, 2.75) is 63.5 Å². The second kappa shape index (κ2) is 9.56. The Hall–Kier alpha value is -0.320. The van der Waals surface area contributed by atoms with Gasteiger partial charge in [0.1, 0.15) is 0 Å². The molecule has 1 amide bonds. The van der Waals surface area contributed by atoms with E-state index < -0.39 is 0 Å². The van der Waals surface area contributed by atoms with Crippen LogP contribution in [0, 0.1) is 0 Å². The molecule has 0 bridgehead atoms. The minimum absolute atomic E-state index is 0. The van der Waals surface area contributed by atoms with Gasteiger partial charge in [-0.1, -0.05) is 25.7 Å². The van der Waals surface area contributed by atoms with Crippen LogP contribution in [0.15, 0.2) is 0 Å². The number of carbonyl (C=O) groups excluding carboxylic acids is 1. The van der Waals surface area contributed by atoms with Gasteiger partial charge >= 0.3 is 0 Å². The fourth-order valence-electron chi connectivity index (χ4n) is 2.83. The van der Waals surface area contributed by atoms with Gasteiger partial charge in [-0.25, -0.2) is 0 Å². The van der Waals surface area contributed by atoms with Crippen molar-refractivity contribution in [3.63, 3.8) is 0 Å². The molecule has 2 rings (SSSR count). The Bertz CT molecular complexity index is 252. The maximum atomic E-state index is 11.8. The Morgan fingerprint density at radius 1 is 1.11 bits per heavy atom. The lowest BCUT2D eigenvalue weighted by molar-refractivity contribution is -0.124. The van der Waals surface area contributed by atoms with Crippen LogP contribution in [0.5, 0.6) is 0 Å². The van der Waals surface area contributed by atoms with Crippen molar-refractivity contribution < 1.29 is 9.53 Å². The quantitative estimate of drug-likeness (QED) is 0.762. The standard InChI is InChI=1S/C14H26N2O2.ClH/c17-14(13-8-4-5-9-15-13)16-10-11-18-12-6-2-1-3-7-12;/h12-13,15H,1-11H2,(H,16,17);1H/t13-;/m1./s1. The van der Waals surface area contributed by atoms with Crippen molar-refractivity contribution in [2.75, 3.05) is 19.7 Å². The van der Waals surface area contributed by atoms with E-state index in [0.717, 1.165) is 19.4 Å². The molecular weight excluding hydrogens is 264 g/mol. The van der Waals surface area contributed by atoms with Crippen LogP contribution < -0.4 is 10.6 Å². The van der Waals surface area contributed by atoms with Gasteiger partial charge < -0.3 is 15.4 Å². The van der Waals surface area contributed by atoms with Crippen molar-refractivity contribution in [1.82, 2.24) is 10.6 Å². The summed E-state index contributed by atoms with van der Waals surface area (Å²) in [4.78, 5) is 11.8. The van der Waals surface area contributed by atoms with Crippen LogP contribution in [0.1, 0.15) is 51.4 Å². The van der Waals surface area contributed by atoms with Crippen molar-refractivity contribution in [3.05, 3.63) is 0 Å². The summed E-state index contributed by atoms with van der Waals surface area (Å²) >= 11 is 0. The number of rotatable bonds is 5. The third-order valence-corrected chi connectivity index (χ3v) is 3.93. The number of nitrogens with one attached hydrogen (secondary N) is 2. The Morgan fingerprint density at radius 3 is 2.53 bits per heavy atom. The molecule has 2 fully saturated rings. The molecule has 0 aromatic carbocycles. The maximum absolute atomic E-state index is 11.8. The highest BCUT2D eigenvalue weighted by atomic mass is 35.5. The van der Waals surface area contributed by atoms with Gasteiger partial charge in [0.25, 0.3) is 0 Å². The monoisotopic (exact) mass is 290 g/mol. The van der Waals surface area contributed by atoms with Crippen molar-refractivity contribution >= 4 is 18.3 Å². The maximum Gasteiger partial charge on any atom is 0.237 e. The van der Waals surface area contributed by atoms with E-state index in [1.165, 1.54) is 38.5 Å². The zero-order valence-corrected chi connectivity index (χ0v) is 12.5. The van der Waals surface area contributed by atoms with Gasteiger partial charge in [0.05, 0.1) is 18.8 Å². The molecule has 1 saturated heterocycles. The molecule has 1 aliphatic carbocycles. The van der Waals surface area contributed by atoms with Crippen LogP contribution in [0.3, 0.4) is 0 Å². The van der Waals surface area contributed by atoms with E-state index in [0.29, 0.717) is 19.3 Å². The van der Waals surface area contributed by atoms with Gasteiger partial charge in [0, 0.05) is 6.54 Å². The highest BCUT2D eigenvalue weighted by molar-refractivity contribution is 5.85. The van der Waals surface area contributed by atoms with Crippen LogP contribution >= 0.6 is 12.4 Å². The predicted molar refractivity (Wildman–Crippen MR) is 78.7 cm³/mol. The summed E-state index contributed by atoms with van der Waals surface area (Å²) < 4.78 is 5.79. The molecule has 0 unspecified atom stereocenters. The van der Waals surface area contributed by atoms with E-state index in [-0.39, 0.29) is 24.4 Å². The largest absolute Gasteiger partial charge is 0.376 e. The summed E-state index contributed by atoms with van der Waals surface area (Å²) in [6.45, 7) is 2.27. The molecule has 1 aliphatic heterocycles. The summed E-state index contributed by atoms with van der Waals surface area (Å²) in [5, 5.41) is 6.22. The second-order valence-electron chi connectivity index (χ2n) is 5.42. The van der Waals surface area contributed by atoms with Crippen LogP contribution in [0.2, 0.25) is 0 Å². The lowest BCUT2D eigenvalue weighted by Crippen LogP contribution is -2.47. The van der Waals surface area contributed by atoms with Crippen molar-refractivity contribution in [3.8, 4) is 0 Å². The molecule has 0 spiro atoms.